The fraction of sp³-hybridized carbons (Fsp3) is 0.280. The van der Waals surface area contributed by atoms with Crippen molar-refractivity contribution in [1.82, 2.24) is 24.5 Å². The SMILES string of the molecule is Cc1nc(-c2cnccn2)sc1C(=O)Nc1nc(N(C)C)n(-c2ccccc2)c1C(=O)OC(C)(C)C. The average molecular weight is 506 g/mol. The van der Waals surface area contributed by atoms with Crippen molar-refractivity contribution < 1.29 is 14.3 Å². The highest BCUT2D eigenvalue weighted by molar-refractivity contribution is 7.17. The Morgan fingerprint density at radius 2 is 1.81 bits per heavy atom. The van der Waals surface area contributed by atoms with Gasteiger partial charge in [0.05, 0.1) is 11.9 Å². The van der Waals surface area contributed by atoms with Crippen LogP contribution < -0.4 is 10.2 Å². The first-order valence-corrected chi connectivity index (χ1v) is 12.0. The average Bonchev–Trinajstić information content (AvgIpc) is 3.40. The lowest BCUT2D eigenvalue weighted by Crippen LogP contribution is -2.27. The third kappa shape index (κ3) is 5.25. The number of carbonyl (C=O) groups excluding carboxylic acids is 2. The summed E-state index contributed by atoms with van der Waals surface area (Å²) in [7, 11) is 3.62. The zero-order valence-corrected chi connectivity index (χ0v) is 21.8. The van der Waals surface area contributed by atoms with Gasteiger partial charge < -0.3 is 15.0 Å². The third-order valence-corrected chi connectivity index (χ3v) is 6.06. The number of nitrogens with zero attached hydrogens (tertiary/aromatic N) is 6. The number of benzene rings is 1. The van der Waals surface area contributed by atoms with E-state index < -0.39 is 17.5 Å². The van der Waals surface area contributed by atoms with Gasteiger partial charge >= 0.3 is 5.97 Å². The van der Waals surface area contributed by atoms with E-state index in [1.165, 1.54) is 11.3 Å². The van der Waals surface area contributed by atoms with E-state index in [-0.39, 0.29) is 11.5 Å². The molecule has 4 rings (SSSR count). The van der Waals surface area contributed by atoms with Gasteiger partial charge in [0.1, 0.15) is 21.2 Å². The fourth-order valence-corrected chi connectivity index (χ4v) is 4.35. The van der Waals surface area contributed by atoms with Crippen molar-refractivity contribution in [3.8, 4) is 16.4 Å². The summed E-state index contributed by atoms with van der Waals surface area (Å²) in [5.41, 5.74) is 1.18. The molecule has 0 unspecified atom stereocenters. The molecule has 0 saturated heterocycles. The van der Waals surface area contributed by atoms with Crippen LogP contribution in [0.15, 0.2) is 48.9 Å². The summed E-state index contributed by atoms with van der Waals surface area (Å²) in [5, 5.41) is 3.39. The van der Waals surface area contributed by atoms with Crippen LogP contribution in [0.25, 0.3) is 16.4 Å². The standard InChI is InChI=1S/C25H27N7O3S/c1-15-19(36-22(28-15)17-14-26-12-13-27-17)21(33)29-20-18(23(34)35-25(2,3)4)32(24(30-20)31(5)6)16-10-8-7-9-11-16/h7-14H,1-6H3,(H,29,33). The van der Waals surface area contributed by atoms with Crippen LogP contribution in [0.3, 0.4) is 0 Å². The maximum Gasteiger partial charge on any atom is 0.359 e. The molecular weight excluding hydrogens is 478 g/mol. The van der Waals surface area contributed by atoms with Crippen LogP contribution in [-0.2, 0) is 4.74 Å². The Morgan fingerprint density at radius 3 is 2.42 bits per heavy atom. The van der Waals surface area contributed by atoms with Crippen molar-refractivity contribution in [2.45, 2.75) is 33.3 Å². The third-order valence-electron chi connectivity index (χ3n) is 4.88. The molecule has 0 bridgehead atoms. The Bertz CT molecular complexity index is 1390. The molecule has 3 heterocycles. The Hall–Kier alpha value is -4.12. The second-order valence-corrected chi connectivity index (χ2v) is 10.2. The first kappa shape index (κ1) is 25.0. The lowest BCUT2D eigenvalue weighted by Gasteiger charge is -2.21. The second kappa shape index (κ2) is 9.86. The number of amides is 1. The van der Waals surface area contributed by atoms with Gasteiger partial charge in [0.2, 0.25) is 5.95 Å². The molecule has 1 amide bonds. The molecule has 1 N–H and O–H groups in total. The van der Waals surface area contributed by atoms with E-state index in [0.29, 0.717) is 32.9 Å². The number of anilines is 2. The van der Waals surface area contributed by atoms with Gasteiger partial charge in [-0.1, -0.05) is 18.2 Å². The molecule has 4 aromatic rings. The van der Waals surface area contributed by atoms with E-state index in [1.54, 1.807) is 55.8 Å². The van der Waals surface area contributed by atoms with Crippen molar-refractivity contribution in [1.29, 1.82) is 0 Å². The van der Waals surface area contributed by atoms with Gasteiger partial charge in [-0.05, 0) is 39.8 Å². The fourth-order valence-electron chi connectivity index (χ4n) is 3.42. The Balaban J connectivity index is 1.79. The first-order chi connectivity index (χ1) is 17.0. The van der Waals surface area contributed by atoms with Crippen molar-refractivity contribution >= 4 is 35.0 Å². The van der Waals surface area contributed by atoms with Gasteiger partial charge in [-0.25, -0.2) is 9.78 Å². The van der Waals surface area contributed by atoms with Gasteiger partial charge in [-0.2, -0.15) is 4.98 Å². The van der Waals surface area contributed by atoms with Gasteiger partial charge in [0.15, 0.2) is 11.5 Å². The number of ether oxygens (including phenoxy) is 1. The zero-order valence-electron chi connectivity index (χ0n) is 20.9. The minimum atomic E-state index is -0.748. The molecule has 0 aliphatic heterocycles. The summed E-state index contributed by atoms with van der Waals surface area (Å²) < 4.78 is 7.37. The number of aryl methyl sites for hydroxylation is 1. The number of carbonyl (C=O) groups is 2. The summed E-state index contributed by atoms with van der Waals surface area (Å²) in [5.74, 6) is -0.495. The molecule has 10 nitrogen and oxygen atoms in total. The molecular formula is C25H27N7O3S. The normalized spacial score (nSPS) is 11.3. The summed E-state index contributed by atoms with van der Waals surface area (Å²) in [6, 6.07) is 9.32. The zero-order chi connectivity index (χ0) is 26.0. The van der Waals surface area contributed by atoms with E-state index in [9.17, 15) is 9.59 Å². The molecule has 3 aromatic heterocycles. The largest absolute Gasteiger partial charge is 0.455 e. The number of nitrogens with one attached hydrogen (secondary N) is 1. The van der Waals surface area contributed by atoms with Gasteiger partial charge in [-0.3, -0.25) is 19.3 Å². The smallest absolute Gasteiger partial charge is 0.359 e. The first-order valence-electron chi connectivity index (χ1n) is 11.2. The Kier molecular flexibility index (Phi) is 6.84. The molecule has 0 fully saturated rings. The molecule has 0 aliphatic rings. The van der Waals surface area contributed by atoms with E-state index in [1.807, 2.05) is 44.4 Å². The number of aromatic nitrogens is 5. The van der Waals surface area contributed by atoms with E-state index in [2.05, 4.69) is 25.3 Å². The summed E-state index contributed by atoms with van der Waals surface area (Å²) in [4.78, 5) is 46.3. The highest BCUT2D eigenvalue weighted by atomic mass is 32.1. The number of esters is 1. The van der Waals surface area contributed by atoms with Crippen LogP contribution in [0.5, 0.6) is 0 Å². The summed E-state index contributed by atoms with van der Waals surface area (Å²) >= 11 is 1.19. The lowest BCUT2D eigenvalue weighted by molar-refractivity contribution is 0.00619. The van der Waals surface area contributed by atoms with Crippen molar-refractivity contribution in [3.63, 3.8) is 0 Å². The monoisotopic (exact) mass is 505 g/mol. The number of imidazole rings is 1. The van der Waals surface area contributed by atoms with Crippen molar-refractivity contribution in [3.05, 3.63) is 65.2 Å². The molecule has 0 atom stereocenters. The van der Waals surface area contributed by atoms with Crippen LogP contribution in [-0.4, -0.2) is 56.1 Å². The van der Waals surface area contributed by atoms with Crippen LogP contribution in [0, 0.1) is 6.92 Å². The number of para-hydroxylation sites is 1. The minimum absolute atomic E-state index is 0.0932. The number of thiazole rings is 1. The number of rotatable bonds is 6. The van der Waals surface area contributed by atoms with Crippen LogP contribution >= 0.6 is 11.3 Å². The number of hydrogen-bond donors (Lipinski definition) is 1. The van der Waals surface area contributed by atoms with Gasteiger partial charge in [0.25, 0.3) is 5.91 Å². The molecule has 186 valence electrons. The van der Waals surface area contributed by atoms with Gasteiger partial charge in [-0.15, -0.1) is 11.3 Å². The predicted octanol–water partition coefficient (Wildman–Crippen LogP) is 4.37. The van der Waals surface area contributed by atoms with E-state index in [4.69, 9.17) is 4.74 Å². The topological polar surface area (TPSA) is 115 Å². The quantitative estimate of drug-likeness (QED) is 0.384. The van der Waals surface area contributed by atoms with Crippen molar-refractivity contribution in [2.24, 2.45) is 0 Å². The predicted molar refractivity (Wildman–Crippen MR) is 139 cm³/mol. The summed E-state index contributed by atoms with van der Waals surface area (Å²) in [6.45, 7) is 7.10. The molecule has 0 aliphatic carbocycles. The van der Waals surface area contributed by atoms with E-state index >= 15 is 0 Å². The Labute approximate surface area is 213 Å². The summed E-state index contributed by atoms with van der Waals surface area (Å²) in [6.07, 6.45) is 4.73. The molecule has 36 heavy (non-hydrogen) atoms. The lowest BCUT2D eigenvalue weighted by atomic mass is 10.2. The van der Waals surface area contributed by atoms with Crippen LogP contribution in [0.1, 0.15) is 46.6 Å². The van der Waals surface area contributed by atoms with E-state index in [0.717, 1.165) is 0 Å². The molecule has 0 spiro atoms. The minimum Gasteiger partial charge on any atom is -0.455 e. The maximum absolute atomic E-state index is 13.4. The van der Waals surface area contributed by atoms with Gasteiger partial charge in [0, 0.05) is 32.2 Å². The maximum atomic E-state index is 13.4. The van der Waals surface area contributed by atoms with Crippen LogP contribution in [0.2, 0.25) is 0 Å². The highest BCUT2D eigenvalue weighted by Crippen LogP contribution is 2.31. The molecule has 1 aromatic carbocycles. The van der Waals surface area contributed by atoms with Crippen LogP contribution in [0.4, 0.5) is 11.8 Å². The molecule has 0 saturated carbocycles. The molecule has 0 radical (unpaired) electrons. The number of hydrogen-bond acceptors (Lipinski definition) is 9. The highest BCUT2D eigenvalue weighted by Gasteiger charge is 2.31. The van der Waals surface area contributed by atoms with Crippen molar-refractivity contribution in [2.75, 3.05) is 24.3 Å². The Morgan fingerprint density at radius 1 is 1.08 bits per heavy atom. The molecule has 11 heteroatoms. The second-order valence-electron chi connectivity index (χ2n) is 9.15.